The van der Waals surface area contributed by atoms with E-state index in [4.69, 9.17) is 16.3 Å². The summed E-state index contributed by atoms with van der Waals surface area (Å²) < 4.78 is 48.1. The van der Waals surface area contributed by atoms with E-state index in [0.717, 1.165) is 38.2 Å². The molecule has 0 saturated carbocycles. The third-order valence-corrected chi connectivity index (χ3v) is 5.71. The lowest BCUT2D eigenvalue weighted by Crippen LogP contribution is -2.11. The van der Waals surface area contributed by atoms with Crippen molar-refractivity contribution in [2.45, 2.75) is 60.2 Å². The maximum Gasteiger partial charge on any atom is 0.200 e. The maximum atomic E-state index is 8.86. The summed E-state index contributed by atoms with van der Waals surface area (Å²) in [5, 5.41) is 3.97. The Bertz CT molecular complexity index is 1700. The van der Waals surface area contributed by atoms with E-state index in [1.54, 1.807) is 26.8 Å². The molecular formula is C30H32N2O. The average molecular weight is 442 g/mol. The van der Waals surface area contributed by atoms with Crippen LogP contribution in [0.2, 0.25) is 0 Å². The molecule has 0 unspecified atom stereocenters. The number of rotatable bonds is 2. The van der Waals surface area contributed by atoms with E-state index in [9.17, 15) is 0 Å². The lowest BCUT2D eigenvalue weighted by Gasteiger charge is -2.20. The summed E-state index contributed by atoms with van der Waals surface area (Å²) in [6.07, 6.45) is -0.600. The largest absolute Gasteiger partial charge is 0.439 e. The Hall–Kier alpha value is -3.20. The van der Waals surface area contributed by atoms with Gasteiger partial charge in [-0.3, -0.25) is 4.98 Å². The Morgan fingerprint density at radius 1 is 0.909 bits per heavy atom. The average Bonchev–Trinajstić information content (AvgIpc) is 3.29. The van der Waals surface area contributed by atoms with Crippen LogP contribution in [0.5, 0.6) is 0 Å². The van der Waals surface area contributed by atoms with Crippen molar-refractivity contribution in [3.8, 4) is 11.3 Å². The monoisotopic (exact) mass is 441 g/mol. The predicted molar refractivity (Wildman–Crippen MR) is 139 cm³/mol. The van der Waals surface area contributed by atoms with Gasteiger partial charge in [0.1, 0.15) is 5.52 Å². The summed E-state index contributed by atoms with van der Waals surface area (Å²) in [6.45, 7) is 9.01. The summed E-state index contributed by atoms with van der Waals surface area (Å²) in [6, 6.07) is 15.6. The molecule has 3 heteroatoms. The first kappa shape index (κ1) is 16.4. The van der Waals surface area contributed by atoms with Crippen molar-refractivity contribution < 1.29 is 11.3 Å². The van der Waals surface area contributed by atoms with Crippen LogP contribution < -0.4 is 0 Å². The summed E-state index contributed by atoms with van der Waals surface area (Å²) >= 11 is 0. The molecule has 5 rings (SSSR count). The highest BCUT2D eigenvalue weighted by Crippen LogP contribution is 2.39. The number of pyridine rings is 1. The number of nitrogens with zero attached hydrogens (tertiary/aromatic N) is 2. The van der Waals surface area contributed by atoms with Gasteiger partial charge in [0.2, 0.25) is 5.89 Å². The van der Waals surface area contributed by atoms with Gasteiger partial charge in [-0.05, 0) is 52.7 Å². The Labute approximate surface area is 202 Å². The van der Waals surface area contributed by atoms with Gasteiger partial charge >= 0.3 is 0 Å². The molecule has 0 radical (unpaired) electrons. The molecule has 2 heterocycles. The van der Waals surface area contributed by atoms with Crippen molar-refractivity contribution in [1.29, 1.82) is 0 Å². The molecule has 0 amide bonds. The first-order chi connectivity index (χ1) is 17.5. The molecule has 0 aliphatic heterocycles. The predicted octanol–water partition coefficient (Wildman–Crippen LogP) is 8.39. The zero-order chi connectivity index (χ0) is 27.8. The van der Waals surface area contributed by atoms with Crippen molar-refractivity contribution in [2.24, 2.45) is 5.41 Å². The molecule has 0 saturated heterocycles. The van der Waals surface area contributed by atoms with Crippen LogP contribution in [0.15, 0.2) is 59.1 Å². The second kappa shape index (κ2) is 7.41. The molecule has 168 valence electrons. The van der Waals surface area contributed by atoms with Crippen LogP contribution in [-0.2, 0) is 11.8 Å². The van der Waals surface area contributed by atoms with E-state index >= 15 is 0 Å². The number of benzene rings is 3. The van der Waals surface area contributed by atoms with Crippen molar-refractivity contribution in [1.82, 2.24) is 9.97 Å². The molecular weight excluding hydrogens is 404 g/mol. The van der Waals surface area contributed by atoms with E-state index in [-0.39, 0.29) is 16.5 Å². The van der Waals surface area contributed by atoms with Gasteiger partial charge in [0, 0.05) is 34.8 Å². The fraction of sp³-hybridized carbons (Fsp3) is 0.333. The molecule has 0 aliphatic rings. The Kier molecular flexibility index (Phi) is 3.69. The molecule has 0 atom stereocenters. The molecule has 33 heavy (non-hydrogen) atoms. The topological polar surface area (TPSA) is 38.9 Å². The first-order valence-corrected chi connectivity index (χ1v) is 11.3. The highest BCUT2D eigenvalue weighted by atomic mass is 16.3. The number of oxazole rings is 1. The number of fused-ring (bicyclic) bond motifs is 6. The minimum atomic E-state index is -2.49. The smallest absolute Gasteiger partial charge is 0.200 e. The normalized spacial score (nSPS) is 15.9. The van der Waals surface area contributed by atoms with Crippen molar-refractivity contribution in [3.63, 3.8) is 0 Å². The zero-order valence-corrected chi connectivity index (χ0v) is 20.0. The van der Waals surface area contributed by atoms with Crippen LogP contribution in [-0.4, -0.2) is 9.97 Å². The second-order valence-electron chi connectivity index (χ2n) is 10.7. The molecule has 0 aliphatic carbocycles. The van der Waals surface area contributed by atoms with E-state index in [1.165, 1.54) is 6.20 Å². The Balaban J connectivity index is 1.81. The minimum Gasteiger partial charge on any atom is -0.439 e. The van der Waals surface area contributed by atoms with Crippen LogP contribution in [0, 0.1) is 12.3 Å². The molecule has 5 aromatic rings. The number of hydrogen-bond acceptors (Lipinski definition) is 3. The molecule has 2 aromatic heterocycles. The summed E-state index contributed by atoms with van der Waals surface area (Å²) in [7, 11) is 0. The third kappa shape index (κ3) is 3.90. The fourth-order valence-electron chi connectivity index (χ4n) is 4.18. The third-order valence-electron chi connectivity index (χ3n) is 5.71. The minimum absolute atomic E-state index is 0.0679. The van der Waals surface area contributed by atoms with E-state index in [1.807, 2.05) is 36.4 Å². The second-order valence-corrected chi connectivity index (χ2v) is 10.7. The molecule has 0 N–H and O–H groups in total. The molecule has 0 bridgehead atoms. The molecule has 0 spiro atoms. The van der Waals surface area contributed by atoms with Gasteiger partial charge in [0.15, 0.2) is 5.58 Å². The molecule has 3 nitrogen and oxygen atoms in total. The van der Waals surface area contributed by atoms with Crippen LogP contribution in [0.3, 0.4) is 0 Å². The maximum absolute atomic E-state index is 8.86. The van der Waals surface area contributed by atoms with E-state index in [0.29, 0.717) is 11.6 Å². The van der Waals surface area contributed by atoms with Crippen LogP contribution in [0.25, 0.3) is 43.9 Å². The van der Waals surface area contributed by atoms with Gasteiger partial charge in [0.25, 0.3) is 0 Å². The summed E-state index contributed by atoms with van der Waals surface area (Å²) in [4.78, 5) is 9.41. The van der Waals surface area contributed by atoms with Crippen LogP contribution >= 0.6 is 0 Å². The zero-order valence-electron chi connectivity index (χ0n) is 25.0. The summed E-state index contributed by atoms with van der Waals surface area (Å²) in [5.41, 5.74) is 1.70. The fourth-order valence-corrected chi connectivity index (χ4v) is 4.18. The van der Waals surface area contributed by atoms with Crippen molar-refractivity contribution in [2.75, 3.05) is 0 Å². The SMILES string of the molecule is [2H]C([2H])([2H])c1cnc(-c2ccc3c4ccccc4c4oc(C(C)(C)C)nc4c3c2)cc1C([2H])([2H])C(C)(C)C. The van der Waals surface area contributed by atoms with E-state index < -0.39 is 18.6 Å². The summed E-state index contributed by atoms with van der Waals surface area (Å²) in [5.74, 6) is 0.649. The van der Waals surface area contributed by atoms with Crippen LogP contribution in [0.4, 0.5) is 0 Å². The van der Waals surface area contributed by atoms with Gasteiger partial charge in [-0.1, -0.05) is 77.9 Å². The number of aromatic nitrogens is 2. The first-order valence-electron chi connectivity index (χ1n) is 13.8. The molecule has 3 aromatic carbocycles. The number of aryl methyl sites for hydroxylation is 1. The lowest BCUT2D eigenvalue weighted by molar-refractivity contribution is 0.410. The van der Waals surface area contributed by atoms with E-state index in [2.05, 4.69) is 31.8 Å². The van der Waals surface area contributed by atoms with Crippen LogP contribution in [0.1, 0.15) is 65.4 Å². The Morgan fingerprint density at radius 2 is 1.64 bits per heavy atom. The van der Waals surface area contributed by atoms with Gasteiger partial charge in [-0.15, -0.1) is 0 Å². The van der Waals surface area contributed by atoms with Gasteiger partial charge in [0.05, 0.1) is 5.69 Å². The Morgan fingerprint density at radius 3 is 2.33 bits per heavy atom. The standard InChI is InChI=1S/C30H32N2O/c1-18-17-31-25(15-20(18)16-29(2,3)4)19-12-13-22-21-10-8-9-11-23(21)27-26(24(22)14-19)32-28(33-27)30(5,6)7/h8-15,17H,16H2,1-7H3/i1D3,16D2. The lowest BCUT2D eigenvalue weighted by atomic mass is 9.86. The van der Waals surface area contributed by atoms with Gasteiger partial charge < -0.3 is 4.42 Å². The van der Waals surface area contributed by atoms with Gasteiger partial charge in [-0.2, -0.15) is 0 Å². The highest BCUT2D eigenvalue weighted by molar-refractivity contribution is 6.23. The quantitative estimate of drug-likeness (QED) is 0.258. The number of hydrogen-bond donors (Lipinski definition) is 0. The van der Waals surface area contributed by atoms with Crippen molar-refractivity contribution in [3.05, 3.63) is 71.7 Å². The van der Waals surface area contributed by atoms with Gasteiger partial charge in [-0.25, -0.2) is 4.98 Å². The van der Waals surface area contributed by atoms with Crippen molar-refractivity contribution >= 4 is 32.6 Å². The highest BCUT2D eigenvalue weighted by Gasteiger charge is 2.23. The molecule has 0 fully saturated rings.